The van der Waals surface area contributed by atoms with Crippen LogP contribution in [-0.4, -0.2) is 15.9 Å². The molecule has 0 atom stereocenters. The average Bonchev–Trinajstić information content (AvgIpc) is 2.48. The van der Waals surface area contributed by atoms with Crippen molar-refractivity contribution in [2.45, 2.75) is 13.3 Å². The van der Waals surface area contributed by atoms with Crippen LogP contribution in [-0.2, 0) is 6.42 Å². The highest BCUT2D eigenvalue weighted by Gasteiger charge is 2.04. The first kappa shape index (κ1) is 9.49. The standard InChI is InChI=1S/C10H12ClN3/c1-7-4-8(11)5-14-6-9(2-3-12)13-10(7)14/h4-6H,2-3,12H2,1H3. The molecule has 2 N–H and O–H groups in total. The lowest BCUT2D eigenvalue weighted by molar-refractivity contribution is 0.937. The van der Waals surface area contributed by atoms with E-state index in [0.717, 1.165) is 28.3 Å². The Bertz CT molecular complexity index is 462. The molecule has 0 aliphatic carbocycles. The Morgan fingerprint density at radius 1 is 1.50 bits per heavy atom. The highest BCUT2D eigenvalue weighted by molar-refractivity contribution is 6.30. The van der Waals surface area contributed by atoms with E-state index in [-0.39, 0.29) is 0 Å². The maximum absolute atomic E-state index is 5.94. The van der Waals surface area contributed by atoms with Gasteiger partial charge in [-0.1, -0.05) is 11.6 Å². The van der Waals surface area contributed by atoms with Crippen LogP contribution in [0.25, 0.3) is 5.65 Å². The molecule has 0 amide bonds. The maximum Gasteiger partial charge on any atom is 0.140 e. The summed E-state index contributed by atoms with van der Waals surface area (Å²) < 4.78 is 1.95. The monoisotopic (exact) mass is 209 g/mol. The van der Waals surface area contributed by atoms with E-state index in [1.54, 1.807) is 0 Å². The zero-order valence-electron chi connectivity index (χ0n) is 8.00. The number of imidazole rings is 1. The van der Waals surface area contributed by atoms with Crippen LogP contribution in [0.5, 0.6) is 0 Å². The smallest absolute Gasteiger partial charge is 0.140 e. The maximum atomic E-state index is 5.94. The normalized spacial score (nSPS) is 11.1. The minimum Gasteiger partial charge on any atom is -0.330 e. The van der Waals surface area contributed by atoms with Crippen molar-refractivity contribution >= 4 is 17.2 Å². The third-order valence-corrected chi connectivity index (χ3v) is 2.36. The summed E-state index contributed by atoms with van der Waals surface area (Å²) in [4.78, 5) is 4.47. The first-order chi connectivity index (χ1) is 6.70. The van der Waals surface area contributed by atoms with E-state index < -0.39 is 0 Å². The minimum atomic E-state index is 0.622. The number of fused-ring (bicyclic) bond motifs is 1. The highest BCUT2D eigenvalue weighted by Crippen LogP contribution is 2.16. The van der Waals surface area contributed by atoms with Crippen LogP contribution in [0.2, 0.25) is 5.02 Å². The summed E-state index contributed by atoms with van der Waals surface area (Å²) in [5, 5.41) is 0.728. The summed E-state index contributed by atoms with van der Waals surface area (Å²) in [5.41, 5.74) is 8.53. The molecular weight excluding hydrogens is 198 g/mol. The molecule has 0 unspecified atom stereocenters. The van der Waals surface area contributed by atoms with Gasteiger partial charge in [-0.3, -0.25) is 0 Å². The average molecular weight is 210 g/mol. The quantitative estimate of drug-likeness (QED) is 0.820. The predicted molar refractivity (Wildman–Crippen MR) is 57.7 cm³/mol. The van der Waals surface area contributed by atoms with Gasteiger partial charge in [-0.2, -0.15) is 0 Å². The van der Waals surface area contributed by atoms with Crippen LogP contribution in [0.4, 0.5) is 0 Å². The van der Waals surface area contributed by atoms with Crippen LogP contribution in [0.1, 0.15) is 11.3 Å². The predicted octanol–water partition coefficient (Wildman–Crippen LogP) is 1.80. The molecule has 0 spiro atoms. The summed E-state index contributed by atoms with van der Waals surface area (Å²) in [6.45, 7) is 2.62. The SMILES string of the molecule is Cc1cc(Cl)cn2cc(CCN)nc12. The van der Waals surface area contributed by atoms with E-state index in [0.29, 0.717) is 6.54 Å². The number of hydrogen-bond donors (Lipinski definition) is 1. The van der Waals surface area contributed by atoms with Gasteiger partial charge in [-0.25, -0.2) is 4.98 Å². The molecule has 0 radical (unpaired) electrons. The lowest BCUT2D eigenvalue weighted by atomic mass is 10.3. The van der Waals surface area contributed by atoms with E-state index in [4.69, 9.17) is 17.3 Å². The summed E-state index contributed by atoms with van der Waals surface area (Å²) >= 11 is 5.94. The van der Waals surface area contributed by atoms with E-state index >= 15 is 0 Å². The van der Waals surface area contributed by atoms with Gasteiger partial charge in [0.05, 0.1) is 10.7 Å². The van der Waals surface area contributed by atoms with Gasteiger partial charge in [-0.15, -0.1) is 0 Å². The number of halogens is 1. The number of hydrogen-bond acceptors (Lipinski definition) is 2. The van der Waals surface area contributed by atoms with Gasteiger partial charge in [-0.05, 0) is 25.1 Å². The molecule has 2 rings (SSSR count). The van der Waals surface area contributed by atoms with Crippen molar-refractivity contribution in [3.05, 3.63) is 34.7 Å². The zero-order valence-corrected chi connectivity index (χ0v) is 8.75. The topological polar surface area (TPSA) is 43.3 Å². The Labute approximate surface area is 87.5 Å². The molecule has 4 heteroatoms. The summed E-state index contributed by atoms with van der Waals surface area (Å²) in [6.07, 6.45) is 4.64. The molecule has 74 valence electrons. The van der Waals surface area contributed by atoms with Gasteiger partial charge in [0.1, 0.15) is 5.65 Å². The summed E-state index contributed by atoms with van der Waals surface area (Å²) in [7, 11) is 0. The molecule has 0 saturated carbocycles. The van der Waals surface area contributed by atoms with Gasteiger partial charge >= 0.3 is 0 Å². The Morgan fingerprint density at radius 3 is 3.00 bits per heavy atom. The van der Waals surface area contributed by atoms with Crippen LogP contribution >= 0.6 is 11.6 Å². The molecule has 2 heterocycles. The van der Waals surface area contributed by atoms with Crippen LogP contribution in [0.3, 0.4) is 0 Å². The van der Waals surface area contributed by atoms with Crippen molar-refractivity contribution < 1.29 is 0 Å². The number of aryl methyl sites for hydroxylation is 1. The van der Waals surface area contributed by atoms with Crippen LogP contribution in [0, 0.1) is 6.92 Å². The minimum absolute atomic E-state index is 0.622. The fourth-order valence-corrected chi connectivity index (χ4v) is 1.81. The largest absolute Gasteiger partial charge is 0.330 e. The van der Waals surface area contributed by atoms with Crippen molar-refractivity contribution in [1.29, 1.82) is 0 Å². The third kappa shape index (κ3) is 1.61. The molecule has 0 aliphatic rings. The van der Waals surface area contributed by atoms with Crippen molar-refractivity contribution in [3.63, 3.8) is 0 Å². The number of nitrogens with zero attached hydrogens (tertiary/aromatic N) is 2. The molecule has 0 fully saturated rings. The van der Waals surface area contributed by atoms with Crippen LogP contribution in [0.15, 0.2) is 18.5 Å². The Hall–Kier alpha value is -1.06. The molecule has 0 bridgehead atoms. The molecule has 0 aliphatic heterocycles. The Morgan fingerprint density at radius 2 is 2.29 bits per heavy atom. The Kier molecular flexibility index (Phi) is 2.44. The zero-order chi connectivity index (χ0) is 10.1. The second-order valence-corrected chi connectivity index (χ2v) is 3.78. The third-order valence-electron chi connectivity index (χ3n) is 2.15. The van der Waals surface area contributed by atoms with E-state index in [2.05, 4.69) is 4.98 Å². The number of pyridine rings is 1. The molecule has 0 saturated heterocycles. The van der Waals surface area contributed by atoms with Gasteiger partial charge in [0.2, 0.25) is 0 Å². The van der Waals surface area contributed by atoms with Gasteiger partial charge in [0, 0.05) is 18.8 Å². The fraction of sp³-hybridized carbons (Fsp3) is 0.300. The number of rotatable bonds is 2. The highest BCUT2D eigenvalue weighted by atomic mass is 35.5. The molecule has 2 aromatic rings. The fourth-order valence-electron chi connectivity index (χ4n) is 1.54. The lowest BCUT2D eigenvalue weighted by Gasteiger charge is -1.97. The van der Waals surface area contributed by atoms with Crippen molar-refractivity contribution in [1.82, 2.24) is 9.38 Å². The van der Waals surface area contributed by atoms with Crippen molar-refractivity contribution in [2.24, 2.45) is 5.73 Å². The number of nitrogens with two attached hydrogens (primary N) is 1. The van der Waals surface area contributed by atoms with Crippen molar-refractivity contribution in [2.75, 3.05) is 6.54 Å². The molecule has 2 aromatic heterocycles. The van der Waals surface area contributed by atoms with Gasteiger partial charge in [0.25, 0.3) is 0 Å². The van der Waals surface area contributed by atoms with E-state index in [9.17, 15) is 0 Å². The lowest BCUT2D eigenvalue weighted by Crippen LogP contribution is -2.02. The summed E-state index contributed by atoms with van der Waals surface area (Å²) in [6, 6.07) is 1.91. The molecule has 0 aromatic carbocycles. The molecule has 3 nitrogen and oxygen atoms in total. The van der Waals surface area contributed by atoms with E-state index in [1.165, 1.54) is 0 Å². The first-order valence-corrected chi connectivity index (χ1v) is 4.92. The molecular formula is C10H12ClN3. The van der Waals surface area contributed by atoms with Gasteiger partial charge in [0.15, 0.2) is 0 Å². The second kappa shape index (κ2) is 3.59. The second-order valence-electron chi connectivity index (χ2n) is 3.34. The van der Waals surface area contributed by atoms with Crippen molar-refractivity contribution in [3.8, 4) is 0 Å². The molecule has 14 heavy (non-hydrogen) atoms. The van der Waals surface area contributed by atoms with E-state index in [1.807, 2.05) is 29.8 Å². The summed E-state index contributed by atoms with van der Waals surface area (Å²) in [5.74, 6) is 0. The number of aromatic nitrogens is 2. The Balaban J connectivity index is 2.58. The van der Waals surface area contributed by atoms with Gasteiger partial charge < -0.3 is 10.1 Å². The first-order valence-electron chi connectivity index (χ1n) is 4.54. The van der Waals surface area contributed by atoms with Crippen LogP contribution < -0.4 is 5.73 Å².